The fourth-order valence-corrected chi connectivity index (χ4v) is 2.60. The maximum absolute atomic E-state index is 12.6. The van der Waals surface area contributed by atoms with Crippen LogP contribution in [0.3, 0.4) is 0 Å². The highest BCUT2D eigenvalue weighted by Gasteiger charge is 2.19. The van der Waals surface area contributed by atoms with Crippen molar-refractivity contribution >= 4 is 11.7 Å². The summed E-state index contributed by atoms with van der Waals surface area (Å²) in [4.78, 5) is 23.1. The first-order valence-corrected chi connectivity index (χ1v) is 8.15. The van der Waals surface area contributed by atoms with Crippen molar-refractivity contribution in [2.45, 2.75) is 38.8 Å². The maximum Gasteiger partial charge on any atom is 0.255 e. The lowest BCUT2D eigenvalue weighted by Crippen LogP contribution is -2.31. The van der Waals surface area contributed by atoms with Gasteiger partial charge in [-0.3, -0.25) is 4.79 Å². The van der Waals surface area contributed by atoms with Crippen molar-refractivity contribution in [3.05, 3.63) is 42.1 Å². The zero-order valence-corrected chi connectivity index (χ0v) is 13.7. The fourth-order valence-electron chi connectivity index (χ4n) is 2.60. The summed E-state index contributed by atoms with van der Waals surface area (Å²) in [5.41, 5.74) is 0.611. The van der Waals surface area contributed by atoms with Crippen LogP contribution in [-0.2, 0) is 13.6 Å². The number of nitrogens with zero attached hydrogens (tertiary/aromatic N) is 4. The Morgan fingerprint density at radius 1 is 1.39 bits per heavy atom. The monoisotopic (exact) mass is 313 g/mol. The summed E-state index contributed by atoms with van der Waals surface area (Å²) < 4.78 is 1.93. The average molecular weight is 313 g/mol. The molecule has 1 fully saturated rings. The SMILES string of the molecule is CCN(Cc1nccn1C)C(=O)c1ccc(NC2CCC2)nc1. The van der Waals surface area contributed by atoms with Gasteiger partial charge in [0.1, 0.15) is 11.6 Å². The van der Waals surface area contributed by atoms with E-state index in [1.807, 2.05) is 36.9 Å². The van der Waals surface area contributed by atoms with Gasteiger partial charge in [0.2, 0.25) is 0 Å². The van der Waals surface area contributed by atoms with E-state index in [1.54, 1.807) is 17.3 Å². The van der Waals surface area contributed by atoms with Crippen molar-refractivity contribution < 1.29 is 4.79 Å². The molecule has 0 saturated heterocycles. The van der Waals surface area contributed by atoms with Crippen LogP contribution in [0.15, 0.2) is 30.7 Å². The molecule has 0 unspecified atom stereocenters. The lowest BCUT2D eigenvalue weighted by atomic mass is 9.93. The number of pyridine rings is 1. The highest BCUT2D eigenvalue weighted by atomic mass is 16.2. The molecular weight excluding hydrogens is 290 g/mol. The molecule has 23 heavy (non-hydrogen) atoms. The second kappa shape index (κ2) is 6.81. The molecule has 6 heteroatoms. The van der Waals surface area contributed by atoms with Gasteiger partial charge in [-0.05, 0) is 38.3 Å². The summed E-state index contributed by atoms with van der Waals surface area (Å²) in [5, 5.41) is 3.38. The van der Waals surface area contributed by atoms with Crippen molar-refractivity contribution in [3.8, 4) is 0 Å². The number of nitrogens with one attached hydrogen (secondary N) is 1. The second-order valence-corrected chi connectivity index (χ2v) is 5.98. The molecule has 6 nitrogen and oxygen atoms in total. The molecule has 1 aliphatic rings. The van der Waals surface area contributed by atoms with Crippen LogP contribution in [0.2, 0.25) is 0 Å². The molecular formula is C17H23N5O. The molecule has 3 rings (SSSR count). The van der Waals surface area contributed by atoms with E-state index >= 15 is 0 Å². The van der Waals surface area contributed by atoms with Crippen LogP contribution < -0.4 is 5.32 Å². The molecule has 1 N–H and O–H groups in total. The van der Waals surface area contributed by atoms with Crippen molar-refractivity contribution in [1.82, 2.24) is 19.4 Å². The van der Waals surface area contributed by atoms with E-state index in [4.69, 9.17) is 0 Å². The van der Waals surface area contributed by atoms with Crippen LogP contribution in [0.1, 0.15) is 42.4 Å². The minimum atomic E-state index is -0.0156. The zero-order chi connectivity index (χ0) is 16.2. The summed E-state index contributed by atoms with van der Waals surface area (Å²) >= 11 is 0. The number of rotatable bonds is 6. The Labute approximate surface area is 136 Å². The summed E-state index contributed by atoms with van der Waals surface area (Å²) in [6.07, 6.45) is 8.98. The van der Waals surface area contributed by atoms with Crippen molar-refractivity contribution in [2.24, 2.45) is 7.05 Å². The van der Waals surface area contributed by atoms with Crippen LogP contribution in [0.5, 0.6) is 0 Å². The number of carbonyl (C=O) groups is 1. The first-order valence-electron chi connectivity index (χ1n) is 8.15. The van der Waals surface area contributed by atoms with Crippen LogP contribution >= 0.6 is 0 Å². The van der Waals surface area contributed by atoms with E-state index in [2.05, 4.69) is 15.3 Å². The summed E-state index contributed by atoms with van der Waals surface area (Å²) in [7, 11) is 1.93. The van der Waals surface area contributed by atoms with Crippen LogP contribution in [0.4, 0.5) is 5.82 Å². The summed E-state index contributed by atoms with van der Waals surface area (Å²) in [5.74, 6) is 1.70. The number of hydrogen-bond acceptors (Lipinski definition) is 4. The minimum absolute atomic E-state index is 0.0156. The van der Waals surface area contributed by atoms with Gasteiger partial charge in [-0.25, -0.2) is 9.97 Å². The van der Waals surface area contributed by atoms with E-state index in [-0.39, 0.29) is 5.91 Å². The predicted octanol–water partition coefficient (Wildman–Crippen LogP) is 2.44. The second-order valence-electron chi connectivity index (χ2n) is 5.98. The van der Waals surface area contributed by atoms with Gasteiger partial charge in [0.25, 0.3) is 5.91 Å². The molecule has 2 heterocycles. The quantitative estimate of drug-likeness (QED) is 0.890. The lowest BCUT2D eigenvalue weighted by Gasteiger charge is -2.27. The minimum Gasteiger partial charge on any atom is -0.367 e. The Bertz CT molecular complexity index is 660. The van der Waals surface area contributed by atoms with Crippen LogP contribution in [0.25, 0.3) is 0 Å². The Kier molecular flexibility index (Phi) is 4.60. The molecule has 0 spiro atoms. The Morgan fingerprint density at radius 2 is 2.22 bits per heavy atom. The summed E-state index contributed by atoms with van der Waals surface area (Å²) in [6, 6.07) is 4.28. The van der Waals surface area contributed by atoms with Gasteiger partial charge < -0.3 is 14.8 Å². The van der Waals surface area contributed by atoms with Crippen molar-refractivity contribution in [1.29, 1.82) is 0 Å². The van der Waals surface area contributed by atoms with E-state index in [0.29, 0.717) is 24.7 Å². The van der Waals surface area contributed by atoms with Crippen molar-refractivity contribution in [2.75, 3.05) is 11.9 Å². The van der Waals surface area contributed by atoms with Crippen molar-refractivity contribution in [3.63, 3.8) is 0 Å². The zero-order valence-electron chi connectivity index (χ0n) is 13.7. The third kappa shape index (κ3) is 3.52. The third-order valence-electron chi connectivity index (χ3n) is 4.39. The molecule has 0 bridgehead atoms. The lowest BCUT2D eigenvalue weighted by molar-refractivity contribution is 0.0747. The molecule has 0 radical (unpaired) electrons. The average Bonchev–Trinajstić information content (AvgIpc) is 2.93. The molecule has 0 aromatic carbocycles. The first kappa shape index (κ1) is 15.5. The summed E-state index contributed by atoms with van der Waals surface area (Å²) in [6.45, 7) is 3.11. The van der Waals surface area contributed by atoms with Crippen LogP contribution in [0, 0.1) is 0 Å². The van der Waals surface area contributed by atoms with Gasteiger partial charge in [0, 0.05) is 38.2 Å². The molecule has 1 saturated carbocycles. The highest BCUT2D eigenvalue weighted by Crippen LogP contribution is 2.22. The van der Waals surface area contributed by atoms with E-state index < -0.39 is 0 Å². The molecule has 0 aliphatic heterocycles. The number of imidazole rings is 1. The van der Waals surface area contributed by atoms with Gasteiger partial charge in [0.15, 0.2) is 0 Å². The number of aromatic nitrogens is 3. The number of amides is 1. The van der Waals surface area contributed by atoms with E-state index in [1.165, 1.54) is 19.3 Å². The normalized spacial score (nSPS) is 14.3. The van der Waals surface area contributed by atoms with Gasteiger partial charge in [-0.15, -0.1) is 0 Å². The maximum atomic E-state index is 12.6. The van der Waals surface area contributed by atoms with Gasteiger partial charge >= 0.3 is 0 Å². The van der Waals surface area contributed by atoms with E-state index in [0.717, 1.165) is 11.6 Å². The number of anilines is 1. The Balaban J connectivity index is 1.66. The molecule has 1 amide bonds. The predicted molar refractivity (Wildman–Crippen MR) is 89.1 cm³/mol. The third-order valence-corrected chi connectivity index (χ3v) is 4.39. The number of carbonyl (C=O) groups excluding carboxylic acids is 1. The topological polar surface area (TPSA) is 63.1 Å². The number of hydrogen-bond donors (Lipinski definition) is 1. The molecule has 2 aromatic rings. The Hall–Kier alpha value is -2.37. The standard InChI is InChI=1S/C17H23N5O/c1-3-22(12-16-18-9-10-21(16)2)17(23)13-7-8-15(19-11-13)20-14-5-4-6-14/h7-11,14H,3-6,12H2,1-2H3,(H,19,20). The van der Waals surface area contributed by atoms with Gasteiger partial charge in [-0.1, -0.05) is 0 Å². The molecule has 0 atom stereocenters. The molecule has 2 aromatic heterocycles. The highest BCUT2D eigenvalue weighted by molar-refractivity contribution is 5.94. The Morgan fingerprint density at radius 3 is 2.74 bits per heavy atom. The first-order chi connectivity index (χ1) is 11.2. The fraction of sp³-hybridized carbons (Fsp3) is 0.471. The number of aryl methyl sites for hydroxylation is 1. The smallest absolute Gasteiger partial charge is 0.255 e. The molecule has 1 aliphatic carbocycles. The van der Waals surface area contributed by atoms with Crippen LogP contribution in [-0.4, -0.2) is 37.9 Å². The van der Waals surface area contributed by atoms with E-state index in [9.17, 15) is 4.79 Å². The molecule has 122 valence electrons. The van der Waals surface area contributed by atoms with Gasteiger partial charge in [-0.2, -0.15) is 0 Å². The van der Waals surface area contributed by atoms with Gasteiger partial charge in [0.05, 0.1) is 12.1 Å². The largest absolute Gasteiger partial charge is 0.367 e.